The van der Waals surface area contributed by atoms with Crippen LogP contribution >= 0.6 is 0 Å². The van der Waals surface area contributed by atoms with Crippen molar-refractivity contribution in [1.82, 2.24) is 10.0 Å². The number of hydrogen-bond acceptors (Lipinski definition) is 3. The molecule has 0 radical (unpaired) electrons. The van der Waals surface area contributed by atoms with E-state index in [1.165, 1.54) is 39.2 Å². The second-order valence-corrected chi connectivity index (χ2v) is 8.48. The van der Waals surface area contributed by atoms with Crippen molar-refractivity contribution in [2.24, 2.45) is 23.7 Å². The monoisotopic (exact) mass is 272 g/mol. The summed E-state index contributed by atoms with van der Waals surface area (Å²) in [4.78, 5) is 0. The van der Waals surface area contributed by atoms with Crippen LogP contribution in [0.4, 0.5) is 0 Å². The fraction of sp³-hybridized carbons (Fsp3) is 1.00. The van der Waals surface area contributed by atoms with Crippen molar-refractivity contribution >= 4 is 10.0 Å². The topological polar surface area (TPSA) is 58.2 Å². The maximum absolute atomic E-state index is 11.4. The Hall–Kier alpha value is -0.130. The van der Waals surface area contributed by atoms with Gasteiger partial charge in [0.1, 0.15) is 0 Å². The average Bonchev–Trinajstić information content (AvgIpc) is 2.32. The summed E-state index contributed by atoms with van der Waals surface area (Å²) in [6.45, 7) is 0.593. The minimum absolute atomic E-state index is 0.201. The van der Waals surface area contributed by atoms with Gasteiger partial charge >= 0.3 is 0 Å². The molecule has 0 atom stereocenters. The van der Waals surface area contributed by atoms with E-state index < -0.39 is 10.0 Å². The summed E-state index contributed by atoms with van der Waals surface area (Å²) < 4.78 is 25.2. The molecule has 4 fully saturated rings. The molecule has 104 valence electrons. The number of sulfonamides is 1. The van der Waals surface area contributed by atoms with Crippen molar-refractivity contribution in [2.45, 2.75) is 38.1 Å². The minimum Gasteiger partial charge on any atom is -0.312 e. The molecule has 0 spiro atoms. The molecule has 18 heavy (non-hydrogen) atoms. The first kappa shape index (κ1) is 12.9. The molecule has 0 unspecified atom stereocenters. The Morgan fingerprint density at radius 3 is 2.06 bits per heavy atom. The highest BCUT2D eigenvalue weighted by molar-refractivity contribution is 7.89. The molecule has 4 bridgehead atoms. The van der Waals surface area contributed by atoms with Crippen LogP contribution in [0.2, 0.25) is 0 Å². The molecule has 0 amide bonds. The maximum atomic E-state index is 11.4. The van der Waals surface area contributed by atoms with Gasteiger partial charge in [-0.25, -0.2) is 13.1 Å². The molecule has 0 aromatic heterocycles. The summed E-state index contributed by atoms with van der Waals surface area (Å²) in [5.41, 5.74) is 0. The summed E-state index contributed by atoms with van der Waals surface area (Å²) in [6.07, 6.45) is 6.98. The molecule has 4 aliphatic carbocycles. The predicted molar refractivity (Wildman–Crippen MR) is 71.7 cm³/mol. The van der Waals surface area contributed by atoms with Crippen molar-refractivity contribution in [3.05, 3.63) is 0 Å². The van der Waals surface area contributed by atoms with Gasteiger partial charge in [-0.15, -0.1) is 0 Å². The van der Waals surface area contributed by atoms with Gasteiger partial charge in [0.05, 0.1) is 5.75 Å². The highest BCUT2D eigenvalue weighted by Crippen LogP contribution is 2.53. The third-order valence-electron chi connectivity index (χ3n) is 5.29. The van der Waals surface area contributed by atoms with Crippen LogP contribution in [0.25, 0.3) is 0 Å². The van der Waals surface area contributed by atoms with E-state index in [2.05, 4.69) is 10.0 Å². The third kappa shape index (κ3) is 2.45. The highest BCUT2D eigenvalue weighted by Gasteiger charge is 2.47. The van der Waals surface area contributed by atoms with Gasteiger partial charge in [0, 0.05) is 12.6 Å². The molecule has 2 N–H and O–H groups in total. The van der Waals surface area contributed by atoms with E-state index in [-0.39, 0.29) is 5.75 Å². The van der Waals surface area contributed by atoms with Crippen molar-refractivity contribution in [1.29, 1.82) is 0 Å². The van der Waals surface area contributed by atoms with Crippen molar-refractivity contribution in [3.63, 3.8) is 0 Å². The SMILES string of the molecule is CNS(=O)(=O)CCNC1C2CC3CC(C2)CC1C3. The lowest BCUT2D eigenvalue weighted by atomic mass is 9.54. The van der Waals surface area contributed by atoms with Crippen LogP contribution in [-0.2, 0) is 10.0 Å². The van der Waals surface area contributed by atoms with Crippen LogP contribution in [0, 0.1) is 23.7 Å². The van der Waals surface area contributed by atoms with Gasteiger partial charge in [0.15, 0.2) is 0 Å². The molecule has 0 heterocycles. The Kier molecular flexibility index (Phi) is 3.41. The molecule has 0 aliphatic heterocycles. The van der Waals surface area contributed by atoms with E-state index in [1.807, 2.05) is 0 Å². The Balaban J connectivity index is 1.54. The Morgan fingerprint density at radius 2 is 1.56 bits per heavy atom. The molecular formula is C13H24N2O2S. The van der Waals surface area contributed by atoms with Crippen molar-refractivity contribution in [3.8, 4) is 0 Å². The second kappa shape index (κ2) is 4.76. The van der Waals surface area contributed by atoms with E-state index in [0.29, 0.717) is 12.6 Å². The fourth-order valence-electron chi connectivity index (χ4n) is 4.72. The molecule has 0 saturated heterocycles. The molecular weight excluding hydrogens is 248 g/mol. The Morgan fingerprint density at radius 1 is 1.00 bits per heavy atom. The van der Waals surface area contributed by atoms with E-state index in [0.717, 1.165) is 23.7 Å². The van der Waals surface area contributed by atoms with Gasteiger partial charge < -0.3 is 5.32 Å². The van der Waals surface area contributed by atoms with Crippen LogP contribution in [0.15, 0.2) is 0 Å². The second-order valence-electron chi connectivity index (χ2n) is 6.43. The molecule has 5 heteroatoms. The lowest BCUT2D eigenvalue weighted by Gasteiger charge is -2.54. The lowest BCUT2D eigenvalue weighted by molar-refractivity contribution is -0.0129. The summed E-state index contributed by atoms with van der Waals surface area (Å²) in [6, 6.07) is 0.588. The van der Waals surface area contributed by atoms with Gasteiger partial charge in [-0.05, 0) is 62.8 Å². The van der Waals surface area contributed by atoms with Crippen LogP contribution in [-0.4, -0.2) is 33.8 Å². The van der Waals surface area contributed by atoms with Crippen LogP contribution < -0.4 is 10.0 Å². The molecule has 4 aliphatic rings. The number of rotatable bonds is 5. The van der Waals surface area contributed by atoms with Crippen molar-refractivity contribution in [2.75, 3.05) is 19.3 Å². The highest BCUT2D eigenvalue weighted by atomic mass is 32.2. The van der Waals surface area contributed by atoms with Crippen LogP contribution in [0.5, 0.6) is 0 Å². The first-order valence-corrected chi connectivity index (χ1v) is 8.87. The molecule has 0 aromatic rings. The van der Waals surface area contributed by atoms with E-state index in [1.54, 1.807) is 0 Å². The minimum atomic E-state index is -3.06. The third-order valence-corrected chi connectivity index (χ3v) is 6.65. The molecule has 4 nitrogen and oxygen atoms in total. The Bertz CT molecular complexity index is 379. The normalized spacial score (nSPS) is 42.4. The van der Waals surface area contributed by atoms with Crippen LogP contribution in [0.1, 0.15) is 32.1 Å². The predicted octanol–water partition coefficient (Wildman–Crippen LogP) is 0.950. The van der Waals surface area contributed by atoms with Gasteiger partial charge in [-0.3, -0.25) is 0 Å². The zero-order chi connectivity index (χ0) is 12.8. The summed E-state index contributed by atoms with van der Waals surface area (Å²) in [5.74, 6) is 3.79. The lowest BCUT2D eigenvalue weighted by Crippen LogP contribution is -2.55. The smallest absolute Gasteiger partial charge is 0.212 e. The largest absolute Gasteiger partial charge is 0.312 e. The first-order chi connectivity index (χ1) is 8.57. The summed E-state index contributed by atoms with van der Waals surface area (Å²) in [5, 5.41) is 3.54. The van der Waals surface area contributed by atoms with E-state index in [9.17, 15) is 8.42 Å². The number of hydrogen-bond donors (Lipinski definition) is 2. The van der Waals surface area contributed by atoms with Crippen LogP contribution in [0.3, 0.4) is 0 Å². The van der Waals surface area contributed by atoms with E-state index in [4.69, 9.17) is 0 Å². The first-order valence-electron chi connectivity index (χ1n) is 7.22. The number of nitrogens with one attached hydrogen (secondary N) is 2. The fourth-order valence-corrected chi connectivity index (χ4v) is 5.31. The van der Waals surface area contributed by atoms with Gasteiger partial charge in [-0.1, -0.05) is 0 Å². The molecule has 4 saturated carbocycles. The van der Waals surface area contributed by atoms with Gasteiger partial charge in [-0.2, -0.15) is 0 Å². The van der Waals surface area contributed by atoms with Gasteiger partial charge in [0.25, 0.3) is 0 Å². The Labute approximate surface area is 110 Å². The summed E-state index contributed by atoms with van der Waals surface area (Å²) >= 11 is 0. The average molecular weight is 272 g/mol. The molecule has 4 rings (SSSR count). The van der Waals surface area contributed by atoms with Crippen molar-refractivity contribution < 1.29 is 8.42 Å². The zero-order valence-corrected chi connectivity index (χ0v) is 11.9. The zero-order valence-electron chi connectivity index (χ0n) is 11.1. The summed E-state index contributed by atoms with van der Waals surface area (Å²) in [7, 11) is -1.57. The maximum Gasteiger partial charge on any atom is 0.212 e. The van der Waals surface area contributed by atoms with Gasteiger partial charge in [0.2, 0.25) is 10.0 Å². The van der Waals surface area contributed by atoms with E-state index >= 15 is 0 Å². The quantitative estimate of drug-likeness (QED) is 0.783. The standard InChI is InChI=1S/C13H24N2O2S/c1-14-18(16,17)3-2-15-13-11-5-9-4-10(7-11)8-12(13)6-9/h9-15H,2-8H2,1H3. The molecule has 0 aromatic carbocycles.